The summed E-state index contributed by atoms with van der Waals surface area (Å²) in [5.74, 6) is 1.90. The predicted molar refractivity (Wildman–Crippen MR) is 124 cm³/mol. The van der Waals surface area contributed by atoms with E-state index in [4.69, 9.17) is 4.74 Å². The van der Waals surface area contributed by atoms with Gasteiger partial charge in [-0.15, -0.1) is 24.0 Å². The van der Waals surface area contributed by atoms with E-state index in [0.29, 0.717) is 6.61 Å². The van der Waals surface area contributed by atoms with Gasteiger partial charge in [0, 0.05) is 38.9 Å². The van der Waals surface area contributed by atoms with Crippen LogP contribution in [0, 0.1) is 5.92 Å². The van der Waals surface area contributed by atoms with Gasteiger partial charge in [-0.2, -0.15) is 5.10 Å². The van der Waals surface area contributed by atoms with Gasteiger partial charge in [0.25, 0.3) is 0 Å². The molecule has 3 rings (SSSR count). The molecule has 2 saturated heterocycles. The quantitative estimate of drug-likeness (QED) is 0.279. The number of rotatable bonds is 6. The van der Waals surface area contributed by atoms with Crippen LogP contribution >= 0.6 is 24.0 Å². The van der Waals surface area contributed by atoms with Crippen molar-refractivity contribution in [1.82, 2.24) is 24.9 Å². The second kappa shape index (κ2) is 12.0. The molecular formula is C20H37IN6O. The summed E-state index contributed by atoms with van der Waals surface area (Å²) in [6, 6.07) is 0. The molecule has 2 aliphatic heterocycles. The first-order chi connectivity index (χ1) is 13.2. The number of halogens is 1. The van der Waals surface area contributed by atoms with Crippen molar-refractivity contribution in [2.75, 3.05) is 52.9 Å². The van der Waals surface area contributed by atoms with Crippen LogP contribution in [0.1, 0.15) is 44.3 Å². The summed E-state index contributed by atoms with van der Waals surface area (Å²) in [5, 5.41) is 7.80. The number of nitrogens with one attached hydrogen (secondary N) is 1. The molecule has 2 fully saturated rings. The number of aryl methyl sites for hydroxylation is 1. The topological polar surface area (TPSA) is 57.9 Å². The van der Waals surface area contributed by atoms with Crippen molar-refractivity contribution in [2.45, 2.75) is 38.7 Å². The molecule has 1 N–H and O–H groups in total. The van der Waals surface area contributed by atoms with E-state index in [9.17, 15) is 0 Å². The molecule has 160 valence electrons. The van der Waals surface area contributed by atoms with Crippen molar-refractivity contribution < 1.29 is 4.74 Å². The number of ether oxygens (including phenoxy) is 1. The molecule has 1 unspecified atom stereocenters. The average molecular weight is 504 g/mol. The Labute approximate surface area is 186 Å². The van der Waals surface area contributed by atoms with Crippen LogP contribution in [0.2, 0.25) is 0 Å². The molecule has 0 spiro atoms. The van der Waals surface area contributed by atoms with E-state index in [0.717, 1.165) is 37.1 Å². The van der Waals surface area contributed by atoms with Crippen molar-refractivity contribution in [2.24, 2.45) is 18.0 Å². The molecule has 7 nitrogen and oxygen atoms in total. The Kier molecular flexibility index (Phi) is 10.0. The van der Waals surface area contributed by atoms with E-state index < -0.39 is 0 Å². The van der Waals surface area contributed by atoms with Gasteiger partial charge in [-0.3, -0.25) is 9.67 Å². The van der Waals surface area contributed by atoms with Crippen LogP contribution < -0.4 is 5.32 Å². The molecule has 0 aromatic carbocycles. The molecule has 8 heteroatoms. The van der Waals surface area contributed by atoms with Crippen LogP contribution in [0.15, 0.2) is 17.4 Å². The summed E-state index contributed by atoms with van der Waals surface area (Å²) >= 11 is 0. The van der Waals surface area contributed by atoms with E-state index in [1.54, 1.807) is 0 Å². The maximum atomic E-state index is 5.94. The highest BCUT2D eigenvalue weighted by Gasteiger charge is 2.25. The van der Waals surface area contributed by atoms with Crippen LogP contribution in [-0.4, -0.2) is 78.5 Å². The minimum absolute atomic E-state index is 0. The molecule has 2 aliphatic rings. The van der Waals surface area contributed by atoms with Gasteiger partial charge in [0.2, 0.25) is 0 Å². The van der Waals surface area contributed by atoms with Crippen LogP contribution in [0.25, 0.3) is 0 Å². The number of guanidine groups is 1. The molecular weight excluding hydrogens is 467 g/mol. The van der Waals surface area contributed by atoms with Crippen LogP contribution in [0.3, 0.4) is 0 Å². The van der Waals surface area contributed by atoms with Crippen LogP contribution in [0.4, 0.5) is 0 Å². The van der Waals surface area contributed by atoms with Gasteiger partial charge in [-0.1, -0.05) is 6.92 Å². The minimum atomic E-state index is 0. The first-order valence-electron chi connectivity index (χ1n) is 10.4. The Morgan fingerprint density at radius 3 is 2.75 bits per heavy atom. The molecule has 1 aromatic heterocycles. The third-order valence-electron chi connectivity index (χ3n) is 5.73. The summed E-state index contributed by atoms with van der Waals surface area (Å²) in [4.78, 5) is 9.40. The lowest BCUT2D eigenvalue weighted by Crippen LogP contribution is -2.48. The maximum absolute atomic E-state index is 5.94. The van der Waals surface area contributed by atoms with Crippen LogP contribution in [0.5, 0.6) is 0 Å². The van der Waals surface area contributed by atoms with Crippen molar-refractivity contribution in [3.05, 3.63) is 18.0 Å². The monoisotopic (exact) mass is 504 g/mol. The number of hydrogen-bond donors (Lipinski definition) is 1. The fourth-order valence-corrected chi connectivity index (χ4v) is 3.93. The number of aromatic nitrogens is 2. The number of hydrogen-bond acceptors (Lipinski definition) is 4. The first-order valence-corrected chi connectivity index (χ1v) is 10.4. The zero-order valence-electron chi connectivity index (χ0n) is 17.6. The molecule has 1 atom stereocenters. The van der Waals surface area contributed by atoms with Gasteiger partial charge in [-0.25, -0.2) is 0 Å². The highest BCUT2D eigenvalue weighted by Crippen LogP contribution is 2.21. The lowest BCUT2D eigenvalue weighted by molar-refractivity contribution is -0.00802. The fourth-order valence-electron chi connectivity index (χ4n) is 3.93. The highest BCUT2D eigenvalue weighted by atomic mass is 127. The molecule has 1 aromatic rings. The molecule has 3 heterocycles. The molecule has 0 radical (unpaired) electrons. The molecule has 0 saturated carbocycles. The third-order valence-corrected chi connectivity index (χ3v) is 5.73. The maximum Gasteiger partial charge on any atom is 0.193 e. The number of likely N-dealkylation sites (tertiary alicyclic amines) is 1. The molecule has 0 aliphatic carbocycles. The number of unbranched alkanes of at least 4 members (excludes halogenated alkanes) is 1. The van der Waals surface area contributed by atoms with E-state index in [1.165, 1.54) is 45.3 Å². The minimum Gasteiger partial charge on any atom is -0.370 e. The number of nitrogens with zero attached hydrogens (tertiary/aromatic N) is 5. The van der Waals surface area contributed by atoms with Crippen molar-refractivity contribution >= 4 is 29.9 Å². The normalized spacial score (nSPS) is 22.2. The zero-order chi connectivity index (χ0) is 19.1. The van der Waals surface area contributed by atoms with E-state index in [-0.39, 0.29) is 30.1 Å². The summed E-state index contributed by atoms with van der Waals surface area (Å²) in [5.41, 5.74) is 1.13. The van der Waals surface area contributed by atoms with Crippen molar-refractivity contribution in [1.29, 1.82) is 0 Å². The van der Waals surface area contributed by atoms with Gasteiger partial charge in [0.05, 0.1) is 19.3 Å². The smallest absolute Gasteiger partial charge is 0.193 e. The van der Waals surface area contributed by atoms with Crippen molar-refractivity contribution in [3.8, 4) is 0 Å². The van der Waals surface area contributed by atoms with Gasteiger partial charge in [-0.05, 0) is 51.2 Å². The molecule has 0 amide bonds. The largest absolute Gasteiger partial charge is 0.370 e. The van der Waals surface area contributed by atoms with E-state index >= 15 is 0 Å². The van der Waals surface area contributed by atoms with Gasteiger partial charge in [0.1, 0.15) is 6.10 Å². The highest BCUT2D eigenvalue weighted by molar-refractivity contribution is 14.0. The second-order valence-corrected chi connectivity index (χ2v) is 7.96. The molecule has 28 heavy (non-hydrogen) atoms. The zero-order valence-corrected chi connectivity index (χ0v) is 20.0. The Morgan fingerprint density at radius 2 is 2.07 bits per heavy atom. The number of aliphatic imine (C=N–C) groups is 1. The first kappa shape index (κ1) is 23.4. The SMILES string of the molecule is CN=C(NCCCCN1CCC(C)CC1)N1CCOC(c2cnn(C)c2)C1.I. The Morgan fingerprint density at radius 1 is 1.29 bits per heavy atom. The Balaban J connectivity index is 0.00000280. The summed E-state index contributed by atoms with van der Waals surface area (Å²) in [6.45, 7) is 9.55. The van der Waals surface area contributed by atoms with Gasteiger partial charge in [0.15, 0.2) is 5.96 Å². The van der Waals surface area contributed by atoms with Crippen molar-refractivity contribution in [3.63, 3.8) is 0 Å². The van der Waals surface area contributed by atoms with E-state index in [2.05, 4.69) is 32.1 Å². The summed E-state index contributed by atoms with van der Waals surface area (Å²) in [6.07, 6.45) is 9.14. The number of morpholine rings is 1. The standard InChI is InChI=1S/C20H36N6O.HI/c1-17-6-10-25(11-7-17)9-5-4-8-22-20(21-2)26-12-13-27-19(16-26)18-14-23-24(3)15-18;/h14-15,17,19H,4-13,16H2,1-3H3,(H,21,22);1H. The summed E-state index contributed by atoms with van der Waals surface area (Å²) < 4.78 is 7.76. The lowest BCUT2D eigenvalue weighted by Gasteiger charge is -2.34. The third kappa shape index (κ3) is 6.88. The Bertz CT molecular complexity index is 599. The fraction of sp³-hybridized carbons (Fsp3) is 0.800. The summed E-state index contributed by atoms with van der Waals surface area (Å²) in [7, 11) is 3.81. The predicted octanol–water partition coefficient (Wildman–Crippen LogP) is 2.50. The van der Waals surface area contributed by atoms with E-state index in [1.807, 2.05) is 31.2 Å². The van der Waals surface area contributed by atoms with Gasteiger partial charge >= 0.3 is 0 Å². The second-order valence-electron chi connectivity index (χ2n) is 7.96. The lowest BCUT2D eigenvalue weighted by atomic mass is 9.99. The number of piperidine rings is 1. The van der Waals surface area contributed by atoms with Crippen LogP contribution in [-0.2, 0) is 11.8 Å². The average Bonchev–Trinajstić information content (AvgIpc) is 3.13. The molecule has 0 bridgehead atoms. The Hall–Kier alpha value is -0.870. The van der Waals surface area contributed by atoms with Gasteiger partial charge < -0.3 is 19.9 Å².